The van der Waals surface area contributed by atoms with E-state index in [1.807, 2.05) is 0 Å². The van der Waals surface area contributed by atoms with Crippen molar-refractivity contribution in [3.05, 3.63) is 29.8 Å². The molecule has 0 saturated carbocycles. The third kappa shape index (κ3) is 7.43. The molecule has 0 fully saturated rings. The second-order valence-electron chi connectivity index (χ2n) is 5.11. The molecule has 1 aromatic carbocycles. The number of carbonyl (C=O) groups is 1. The number of hydrogen-bond acceptors (Lipinski definition) is 4. The molecule has 2 N–H and O–H groups in total. The molecule has 0 spiro atoms. The minimum Gasteiger partial charge on any atom is -0.494 e. The Kier molecular flexibility index (Phi) is 9.24. The summed E-state index contributed by atoms with van der Waals surface area (Å²) < 4.78 is 5.49. The van der Waals surface area contributed by atoms with Gasteiger partial charge in [-0.2, -0.15) is 0 Å². The lowest BCUT2D eigenvalue weighted by Crippen LogP contribution is -2.42. The lowest BCUT2D eigenvalue weighted by Gasteiger charge is -2.18. The van der Waals surface area contributed by atoms with E-state index in [2.05, 4.69) is 36.3 Å². The van der Waals surface area contributed by atoms with Gasteiger partial charge < -0.3 is 15.0 Å². The van der Waals surface area contributed by atoms with Gasteiger partial charge in [0.25, 0.3) is 5.91 Å². The Balaban J connectivity index is 2.38. The molecule has 0 unspecified atom stereocenters. The predicted molar refractivity (Wildman–Crippen MR) is 98.1 cm³/mol. The molecule has 23 heavy (non-hydrogen) atoms. The molecule has 0 atom stereocenters. The minimum absolute atomic E-state index is 0.215. The molecule has 128 valence electrons. The van der Waals surface area contributed by atoms with Gasteiger partial charge in [0, 0.05) is 18.7 Å². The van der Waals surface area contributed by atoms with E-state index in [1.54, 1.807) is 24.3 Å². The number of rotatable bonds is 9. The molecule has 0 aliphatic heterocycles. The van der Waals surface area contributed by atoms with Crippen molar-refractivity contribution in [3.8, 4) is 5.75 Å². The van der Waals surface area contributed by atoms with E-state index < -0.39 is 0 Å². The van der Waals surface area contributed by atoms with Crippen molar-refractivity contribution in [2.75, 3.05) is 32.8 Å². The summed E-state index contributed by atoms with van der Waals surface area (Å²) in [5.74, 6) is 0.552. The maximum absolute atomic E-state index is 12.1. The number of likely N-dealkylation sites (N-methyl/N-ethyl adjacent to an activating group) is 1. The van der Waals surface area contributed by atoms with E-state index >= 15 is 0 Å². The summed E-state index contributed by atoms with van der Waals surface area (Å²) in [5, 5.41) is 6.10. The fourth-order valence-electron chi connectivity index (χ4n) is 2.01. The first kappa shape index (κ1) is 19.4. The fourth-order valence-corrected chi connectivity index (χ4v) is 2.20. The predicted octanol–water partition coefficient (Wildman–Crippen LogP) is 2.42. The van der Waals surface area contributed by atoms with E-state index in [9.17, 15) is 4.79 Å². The molecule has 0 aliphatic rings. The molecule has 0 bridgehead atoms. The molecule has 1 rings (SSSR count). The number of nitrogens with one attached hydrogen (secondary N) is 2. The monoisotopic (exact) mass is 337 g/mol. The number of ether oxygens (including phenoxy) is 1. The van der Waals surface area contributed by atoms with Crippen molar-refractivity contribution in [2.45, 2.75) is 27.2 Å². The molecule has 0 heterocycles. The zero-order valence-corrected chi connectivity index (χ0v) is 15.0. The molecule has 0 radical (unpaired) electrons. The van der Waals surface area contributed by atoms with Gasteiger partial charge in [0.2, 0.25) is 0 Å². The van der Waals surface area contributed by atoms with Gasteiger partial charge in [-0.05, 0) is 56.0 Å². The number of amides is 1. The van der Waals surface area contributed by atoms with Crippen LogP contribution in [0.25, 0.3) is 0 Å². The van der Waals surface area contributed by atoms with Crippen molar-refractivity contribution < 1.29 is 9.53 Å². The van der Waals surface area contributed by atoms with Crippen molar-refractivity contribution in [1.82, 2.24) is 15.5 Å². The first-order valence-corrected chi connectivity index (χ1v) is 8.55. The lowest BCUT2D eigenvalue weighted by atomic mass is 10.2. The molecule has 1 amide bonds. The van der Waals surface area contributed by atoms with E-state index in [4.69, 9.17) is 17.0 Å². The highest BCUT2D eigenvalue weighted by atomic mass is 32.1. The maximum atomic E-state index is 12.1. The number of nitrogens with zero attached hydrogens (tertiary/aromatic N) is 1. The second kappa shape index (κ2) is 11.0. The van der Waals surface area contributed by atoms with Crippen molar-refractivity contribution in [1.29, 1.82) is 0 Å². The van der Waals surface area contributed by atoms with Crippen LogP contribution < -0.4 is 15.4 Å². The van der Waals surface area contributed by atoms with Crippen LogP contribution in [-0.4, -0.2) is 48.7 Å². The highest BCUT2D eigenvalue weighted by Gasteiger charge is 2.08. The van der Waals surface area contributed by atoms with E-state index in [0.717, 1.165) is 31.8 Å². The molecule has 0 saturated heterocycles. The number of benzene rings is 1. The Morgan fingerprint density at radius 2 is 1.83 bits per heavy atom. The average Bonchev–Trinajstić information content (AvgIpc) is 2.57. The van der Waals surface area contributed by atoms with Crippen molar-refractivity contribution >= 4 is 23.2 Å². The van der Waals surface area contributed by atoms with Gasteiger partial charge in [0.05, 0.1) is 6.61 Å². The van der Waals surface area contributed by atoms with Crippen LogP contribution in [0.4, 0.5) is 0 Å². The Morgan fingerprint density at radius 1 is 1.17 bits per heavy atom. The third-order valence-electron chi connectivity index (χ3n) is 3.42. The van der Waals surface area contributed by atoms with Crippen molar-refractivity contribution in [3.63, 3.8) is 0 Å². The third-order valence-corrected chi connectivity index (χ3v) is 3.67. The molecule has 5 nitrogen and oxygen atoms in total. The molecule has 0 aliphatic carbocycles. The van der Waals surface area contributed by atoms with E-state index in [-0.39, 0.29) is 5.91 Å². The van der Waals surface area contributed by atoms with Crippen LogP contribution in [0, 0.1) is 0 Å². The zero-order chi connectivity index (χ0) is 17.1. The zero-order valence-electron chi connectivity index (χ0n) is 14.2. The minimum atomic E-state index is -0.215. The van der Waals surface area contributed by atoms with Gasteiger partial charge in [-0.25, -0.2) is 0 Å². The van der Waals surface area contributed by atoms with Crippen LogP contribution in [-0.2, 0) is 0 Å². The highest BCUT2D eigenvalue weighted by Crippen LogP contribution is 2.12. The number of hydrogen-bond donors (Lipinski definition) is 2. The Hall–Kier alpha value is -1.66. The van der Waals surface area contributed by atoms with Crippen LogP contribution in [0.3, 0.4) is 0 Å². The van der Waals surface area contributed by atoms with Crippen LogP contribution in [0.2, 0.25) is 0 Å². The fraction of sp³-hybridized carbons (Fsp3) is 0.529. The van der Waals surface area contributed by atoms with Gasteiger partial charge in [0.1, 0.15) is 5.75 Å². The molecular formula is C17H27N3O2S. The normalized spacial score (nSPS) is 10.4. The van der Waals surface area contributed by atoms with Gasteiger partial charge in [-0.15, -0.1) is 0 Å². The topological polar surface area (TPSA) is 53.6 Å². The summed E-state index contributed by atoms with van der Waals surface area (Å²) >= 11 is 5.15. The molecular weight excluding hydrogens is 310 g/mol. The first-order valence-electron chi connectivity index (χ1n) is 8.15. The van der Waals surface area contributed by atoms with Crippen LogP contribution in [0.5, 0.6) is 5.75 Å². The Labute approximate surface area is 144 Å². The largest absolute Gasteiger partial charge is 0.494 e. The van der Waals surface area contributed by atoms with Gasteiger partial charge in [-0.1, -0.05) is 20.8 Å². The summed E-state index contributed by atoms with van der Waals surface area (Å²) in [6.07, 6.45) is 0.954. The first-order chi connectivity index (χ1) is 11.1. The Morgan fingerprint density at radius 3 is 2.39 bits per heavy atom. The van der Waals surface area contributed by atoms with Gasteiger partial charge in [-0.3, -0.25) is 10.1 Å². The van der Waals surface area contributed by atoms with E-state index in [0.29, 0.717) is 23.8 Å². The lowest BCUT2D eigenvalue weighted by molar-refractivity contribution is 0.0976. The highest BCUT2D eigenvalue weighted by molar-refractivity contribution is 7.80. The summed E-state index contributed by atoms with van der Waals surface area (Å²) in [5.41, 5.74) is 0.557. The summed E-state index contributed by atoms with van der Waals surface area (Å²) in [6.45, 7) is 10.6. The van der Waals surface area contributed by atoms with Crippen LogP contribution in [0.1, 0.15) is 37.6 Å². The SMILES string of the molecule is CCCOc1ccc(C(=O)NC(=S)NCCN(CC)CC)cc1. The van der Waals surface area contributed by atoms with Crippen LogP contribution in [0.15, 0.2) is 24.3 Å². The average molecular weight is 337 g/mol. The Bertz CT molecular complexity index is 487. The summed E-state index contributed by atoms with van der Waals surface area (Å²) in [7, 11) is 0. The molecule has 6 heteroatoms. The van der Waals surface area contributed by atoms with Crippen molar-refractivity contribution in [2.24, 2.45) is 0 Å². The quantitative estimate of drug-likeness (QED) is 0.678. The van der Waals surface area contributed by atoms with Crippen LogP contribution >= 0.6 is 12.2 Å². The second-order valence-corrected chi connectivity index (χ2v) is 5.52. The van der Waals surface area contributed by atoms with E-state index in [1.165, 1.54) is 0 Å². The summed E-state index contributed by atoms with van der Waals surface area (Å²) in [4.78, 5) is 14.4. The molecule has 1 aromatic rings. The maximum Gasteiger partial charge on any atom is 0.257 e. The summed E-state index contributed by atoms with van der Waals surface area (Å²) in [6, 6.07) is 7.06. The standard InChI is InChI=1S/C17H27N3O2S/c1-4-13-22-15-9-7-14(8-10-15)16(21)19-17(23)18-11-12-20(5-2)6-3/h7-10H,4-6,11-13H2,1-3H3,(H2,18,19,21,23). The van der Waals surface area contributed by atoms with Gasteiger partial charge >= 0.3 is 0 Å². The van der Waals surface area contributed by atoms with Gasteiger partial charge in [0.15, 0.2) is 5.11 Å². The molecule has 0 aromatic heterocycles. The number of carbonyl (C=O) groups excluding carboxylic acids is 1. The smallest absolute Gasteiger partial charge is 0.257 e. The number of thiocarbonyl (C=S) groups is 1.